The first-order valence-electron chi connectivity index (χ1n) is 7.56. The van der Waals surface area contributed by atoms with Crippen LogP contribution in [0.15, 0.2) is 0 Å². The van der Waals surface area contributed by atoms with Gasteiger partial charge in [0.1, 0.15) is 0 Å². The molecule has 0 aromatic carbocycles. The molecule has 16 heavy (non-hydrogen) atoms. The van der Waals surface area contributed by atoms with Gasteiger partial charge in [-0.1, -0.05) is 59.3 Å². The second-order valence-corrected chi connectivity index (χ2v) is 5.41. The van der Waals surface area contributed by atoms with Gasteiger partial charge in [0.05, 0.1) is 0 Å². The SMILES string of the molecule is CCNC(C(CC)CC)C1CCCCCC1. The molecule has 1 fully saturated rings. The lowest BCUT2D eigenvalue weighted by Gasteiger charge is -2.33. The summed E-state index contributed by atoms with van der Waals surface area (Å²) in [6.07, 6.45) is 11.5. The third-order valence-corrected chi connectivity index (χ3v) is 4.40. The van der Waals surface area contributed by atoms with Gasteiger partial charge >= 0.3 is 0 Å². The van der Waals surface area contributed by atoms with Crippen molar-refractivity contribution in [2.45, 2.75) is 78.2 Å². The topological polar surface area (TPSA) is 12.0 Å². The average Bonchev–Trinajstić information content (AvgIpc) is 2.58. The smallest absolute Gasteiger partial charge is 0.0123 e. The lowest BCUT2D eigenvalue weighted by atomic mass is 9.81. The summed E-state index contributed by atoms with van der Waals surface area (Å²) in [4.78, 5) is 0. The van der Waals surface area contributed by atoms with Crippen LogP contribution in [0.3, 0.4) is 0 Å². The predicted octanol–water partition coefficient (Wildman–Crippen LogP) is 4.37. The minimum absolute atomic E-state index is 0.790. The van der Waals surface area contributed by atoms with E-state index < -0.39 is 0 Å². The van der Waals surface area contributed by atoms with E-state index >= 15 is 0 Å². The Hall–Kier alpha value is -0.0400. The normalized spacial score (nSPS) is 21.0. The van der Waals surface area contributed by atoms with Crippen LogP contribution in [0.1, 0.15) is 72.1 Å². The molecule has 0 radical (unpaired) electrons. The molecular weight excluding hydrogens is 194 g/mol. The largest absolute Gasteiger partial charge is 0.314 e. The fourth-order valence-electron chi connectivity index (χ4n) is 3.42. The molecule has 0 aromatic rings. The maximum absolute atomic E-state index is 3.78. The van der Waals surface area contributed by atoms with Gasteiger partial charge in [0.25, 0.3) is 0 Å². The molecule has 0 spiro atoms. The zero-order chi connectivity index (χ0) is 11.8. The fraction of sp³-hybridized carbons (Fsp3) is 1.00. The van der Waals surface area contributed by atoms with Gasteiger partial charge in [-0.2, -0.15) is 0 Å². The second kappa shape index (κ2) is 8.11. The summed E-state index contributed by atoms with van der Waals surface area (Å²) in [7, 11) is 0. The molecule has 1 N–H and O–H groups in total. The monoisotopic (exact) mass is 225 g/mol. The third-order valence-electron chi connectivity index (χ3n) is 4.40. The van der Waals surface area contributed by atoms with Crippen LogP contribution in [0.5, 0.6) is 0 Å². The summed E-state index contributed by atoms with van der Waals surface area (Å²) in [5, 5.41) is 3.78. The van der Waals surface area contributed by atoms with E-state index in [1.807, 2.05) is 0 Å². The van der Waals surface area contributed by atoms with E-state index in [4.69, 9.17) is 0 Å². The average molecular weight is 225 g/mol. The molecule has 1 aliphatic carbocycles. The van der Waals surface area contributed by atoms with Gasteiger partial charge in [0, 0.05) is 6.04 Å². The highest BCUT2D eigenvalue weighted by Crippen LogP contribution is 2.30. The summed E-state index contributed by atoms with van der Waals surface area (Å²) in [5.74, 6) is 1.84. The first kappa shape index (κ1) is 14.0. The van der Waals surface area contributed by atoms with Crippen LogP contribution in [-0.2, 0) is 0 Å². The summed E-state index contributed by atoms with van der Waals surface area (Å²) in [6, 6.07) is 0.790. The van der Waals surface area contributed by atoms with Crippen molar-refractivity contribution in [2.24, 2.45) is 11.8 Å². The van der Waals surface area contributed by atoms with Gasteiger partial charge in [-0.25, -0.2) is 0 Å². The Labute approximate surface area is 102 Å². The molecule has 1 atom stereocenters. The Morgan fingerprint density at radius 2 is 1.50 bits per heavy atom. The molecule has 0 amide bonds. The molecule has 1 saturated carbocycles. The highest BCUT2D eigenvalue weighted by Gasteiger charge is 2.27. The molecule has 1 rings (SSSR count). The standard InChI is InChI=1S/C15H31N/c1-4-13(5-2)15(16-6-3)14-11-9-7-8-10-12-14/h13-16H,4-12H2,1-3H3. The van der Waals surface area contributed by atoms with E-state index in [0.29, 0.717) is 0 Å². The van der Waals surface area contributed by atoms with Crippen molar-refractivity contribution in [3.8, 4) is 0 Å². The number of hydrogen-bond acceptors (Lipinski definition) is 1. The quantitative estimate of drug-likeness (QED) is 0.662. The third kappa shape index (κ3) is 4.08. The predicted molar refractivity (Wildman–Crippen MR) is 72.7 cm³/mol. The molecule has 1 unspecified atom stereocenters. The van der Waals surface area contributed by atoms with E-state index in [2.05, 4.69) is 26.1 Å². The highest BCUT2D eigenvalue weighted by atomic mass is 14.9. The van der Waals surface area contributed by atoms with E-state index in [-0.39, 0.29) is 0 Å². The van der Waals surface area contributed by atoms with E-state index in [9.17, 15) is 0 Å². The highest BCUT2D eigenvalue weighted by molar-refractivity contribution is 4.83. The Bertz CT molecular complexity index is 155. The van der Waals surface area contributed by atoms with Crippen LogP contribution < -0.4 is 5.32 Å². The number of rotatable bonds is 6. The maximum atomic E-state index is 3.78. The van der Waals surface area contributed by atoms with Crippen LogP contribution in [0.25, 0.3) is 0 Å². The summed E-state index contributed by atoms with van der Waals surface area (Å²) < 4.78 is 0. The maximum Gasteiger partial charge on any atom is 0.0123 e. The Balaban J connectivity index is 2.58. The summed E-state index contributed by atoms with van der Waals surface area (Å²) in [6.45, 7) is 8.11. The van der Waals surface area contributed by atoms with Crippen LogP contribution in [0, 0.1) is 11.8 Å². The summed E-state index contributed by atoms with van der Waals surface area (Å²) >= 11 is 0. The Morgan fingerprint density at radius 3 is 1.94 bits per heavy atom. The van der Waals surface area contributed by atoms with Gasteiger partial charge in [0.2, 0.25) is 0 Å². The van der Waals surface area contributed by atoms with Gasteiger partial charge in [-0.3, -0.25) is 0 Å². The molecule has 0 saturated heterocycles. The van der Waals surface area contributed by atoms with Gasteiger partial charge in [-0.15, -0.1) is 0 Å². The number of nitrogens with one attached hydrogen (secondary N) is 1. The number of hydrogen-bond donors (Lipinski definition) is 1. The van der Waals surface area contributed by atoms with E-state index in [0.717, 1.165) is 24.4 Å². The van der Waals surface area contributed by atoms with Crippen molar-refractivity contribution in [2.75, 3.05) is 6.54 Å². The van der Waals surface area contributed by atoms with E-state index in [1.54, 1.807) is 0 Å². The molecule has 96 valence electrons. The first-order chi connectivity index (χ1) is 7.83. The van der Waals surface area contributed by atoms with Crippen LogP contribution in [0.4, 0.5) is 0 Å². The van der Waals surface area contributed by atoms with Crippen LogP contribution >= 0.6 is 0 Å². The molecule has 1 heteroatoms. The Morgan fingerprint density at radius 1 is 0.938 bits per heavy atom. The van der Waals surface area contributed by atoms with Crippen molar-refractivity contribution >= 4 is 0 Å². The lowest BCUT2D eigenvalue weighted by Crippen LogP contribution is -2.42. The minimum atomic E-state index is 0.790. The second-order valence-electron chi connectivity index (χ2n) is 5.41. The van der Waals surface area contributed by atoms with Crippen molar-refractivity contribution < 1.29 is 0 Å². The van der Waals surface area contributed by atoms with Crippen molar-refractivity contribution in [1.29, 1.82) is 0 Å². The lowest BCUT2D eigenvalue weighted by molar-refractivity contribution is 0.228. The van der Waals surface area contributed by atoms with Gasteiger partial charge < -0.3 is 5.32 Å². The summed E-state index contributed by atoms with van der Waals surface area (Å²) in [5.41, 5.74) is 0. The Kier molecular flexibility index (Phi) is 7.11. The molecular formula is C15H31N. The van der Waals surface area contributed by atoms with Crippen LogP contribution in [0.2, 0.25) is 0 Å². The van der Waals surface area contributed by atoms with Crippen LogP contribution in [-0.4, -0.2) is 12.6 Å². The van der Waals surface area contributed by atoms with Crippen molar-refractivity contribution in [3.63, 3.8) is 0 Å². The zero-order valence-electron chi connectivity index (χ0n) is 11.6. The molecule has 1 nitrogen and oxygen atoms in total. The van der Waals surface area contributed by atoms with Crippen molar-refractivity contribution in [1.82, 2.24) is 5.32 Å². The van der Waals surface area contributed by atoms with Crippen molar-refractivity contribution in [3.05, 3.63) is 0 Å². The molecule has 1 aliphatic rings. The molecule has 0 bridgehead atoms. The zero-order valence-corrected chi connectivity index (χ0v) is 11.6. The molecule has 0 aliphatic heterocycles. The minimum Gasteiger partial charge on any atom is -0.314 e. The van der Waals surface area contributed by atoms with Gasteiger partial charge in [-0.05, 0) is 31.2 Å². The molecule has 0 heterocycles. The molecule has 0 aromatic heterocycles. The van der Waals surface area contributed by atoms with E-state index in [1.165, 1.54) is 51.4 Å². The fourth-order valence-corrected chi connectivity index (χ4v) is 3.42. The first-order valence-corrected chi connectivity index (χ1v) is 7.56. The van der Waals surface area contributed by atoms with Gasteiger partial charge in [0.15, 0.2) is 0 Å².